The van der Waals surface area contributed by atoms with Crippen LogP contribution in [0.3, 0.4) is 0 Å². The molecule has 0 radical (unpaired) electrons. The fraction of sp³-hybridized carbons (Fsp3) is 0.952. The second-order valence-corrected chi connectivity index (χ2v) is 28.9. The molecule has 0 aromatic rings. The van der Waals surface area contributed by atoms with E-state index in [1.54, 1.807) is 0 Å². The van der Waals surface area contributed by atoms with E-state index >= 15 is 0 Å². The summed E-state index contributed by atoms with van der Waals surface area (Å²) in [4.78, 5) is 40.3. The van der Waals surface area contributed by atoms with Gasteiger partial charge in [0.05, 0.1) is 77.7 Å². The molecule has 668 valence electrons. The second kappa shape index (κ2) is 40.2. The van der Waals surface area contributed by atoms with Gasteiger partial charge in [-0.05, 0) is 0 Å². The molecule has 9 aliphatic heterocycles. The molecule has 9 rings (SSSR count). The number of aliphatic hydroxyl groups is 29. The van der Waals surface area contributed by atoms with Gasteiger partial charge in [-0.3, -0.25) is 4.79 Å². The number of hydrogen-bond donors (Lipinski definition) is 33. The van der Waals surface area contributed by atoms with Crippen LogP contribution in [0.2, 0.25) is 0 Å². The zero-order valence-electron chi connectivity index (χ0n) is 60.4. The third-order valence-corrected chi connectivity index (χ3v) is 21.2. The summed E-state index contributed by atoms with van der Waals surface area (Å²) in [5, 5.41) is 345. The van der Waals surface area contributed by atoms with Gasteiger partial charge in [-0.2, -0.15) is 0 Å². The van der Waals surface area contributed by atoms with Crippen LogP contribution >= 0.6 is 0 Å². The normalized spacial score (nSPS) is 49.2. The monoisotopic (exact) mass is 1690 g/mol. The molecular weight excluding hydrogens is 1590 g/mol. The Balaban J connectivity index is 1.14. The SMILES string of the molecule is CC(=O)N[C@H]1[C@@H](OC2C(OC3C(O)C(O[C@H]4[C@@H]([C@H](O)CO)O[C@@](OC[C@H]5O[C@H](O)[C@H](N)[C@@H](O)[C@@H]5O)(C(=O)O)C[C@H]4O[C@]4(C(=O)O)C[C@@H](O)[C@@H](O)[C@@H]([C@H](O)CO)O4)OC(C(O)CO)C3O[C@@H]3O[C@H](CO)[C@@H](O[C@@H]4O[C@H](CO)[C@H](O[C@H]5O[C@H](CO)[C@H](O)[C@H](O)[C@H]5O)[C@H](O)[C@H]4O)[C@H](O)[C@H]3O)OC(C(O)CO)C(O)C2O)O[C@H](CO)[C@@H](O)[C@@H]1O. The first-order valence-electron chi connectivity index (χ1n) is 36.0. The summed E-state index contributed by atoms with van der Waals surface area (Å²) in [7, 11) is 0. The van der Waals surface area contributed by atoms with Gasteiger partial charge in [0, 0.05) is 19.8 Å². The van der Waals surface area contributed by atoms with Crippen molar-refractivity contribution in [2.24, 2.45) is 5.73 Å². The van der Waals surface area contributed by atoms with Gasteiger partial charge in [0.2, 0.25) is 5.91 Å². The standard InChI is InChI=1S/C62H104N2O51/c1-13(73)64-26-32(84)28(80)20(8-69)101-53(26)111-50-35(87)34(86)42(15(75)4-65)105-58(50)110-49-41(93)57(106-44(17(77)6-67)51(49)112-56-40(92)37(89)47(23(11-72)104-56)108-55-39(91)36(88)46(22(10-71)103-55)107-54-38(90)33(85)29(81)21(9-70)102-54)109-48-19(113-62(60(97)98)2-14(74)27(79)43(114-62)16(76)5-66)3-61(59(95)96,115-45(48)18(78)7-68)99-12-24-30(82)31(83)25(63)52(94)100-24/h14-58,65-72,74-94H,2-12,63H2,1H3,(H,64,73)(H,95,96)(H,97,98)/t14-,15?,16-,17?,18-,19-,20-,21-,22-,23-,24-,25-,26-,27-,28-,29+,30-,31-,32-,33+,34?,35?,36-,37-,38-,39-,40-,41?,42?,43-,44?,45-,46+,47-,48-,49?,50?,51?,52+,53-,54-,55+,56+,57?,58?,61-,62-/m1/s1. The second-order valence-electron chi connectivity index (χ2n) is 28.9. The maximum atomic E-state index is 13.9. The Morgan fingerprint density at radius 3 is 1.30 bits per heavy atom. The van der Waals surface area contributed by atoms with Crippen LogP contribution in [0.4, 0.5) is 0 Å². The third-order valence-electron chi connectivity index (χ3n) is 21.2. The van der Waals surface area contributed by atoms with Crippen molar-refractivity contribution in [3.05, 3.63) is 0 Å². The smallest absolute Gasteiger partial charge is 0.364 e. The average Bonchev–Trinajstić information content (AvgIpc) is 0.729. The summed E-state index contributed by atoms with van der Waals surface area (Å²) < 4.78 is 99.4. The molecule has 47 atom stereocenters. The first kappa shape index (κ1) is 95.4. The van der Waals surface area contributed by atoms with Gasteiger partial charge in [0.25, 0.3) is 11.6 Å². The Morgan fingerprint density at radius 2 is 0.791 bits per heavy atom. The number of carbonyl (C=O) groups is 3. The highest BCUT2D eigenvalue weighted by Gasteiger charge is 2.66. The molecule has 0 saturated carbocycles. The van der Waals surface area contributed by atoms with Crippen LogP contribution in [-0.2, 0) is 94.9 Å². The summed E-state index contributed by atoms with van der Waals surface area (Å²) in [6.45, 7) is -10.9. The van der Waals surface area contributed by atoms with Crippen LogP contribution < -0.4 is 11.1 Å². The van der Waals surface area contributed by atoms with E-state index in [0.29, 0.717) is 0 Å². The molecule has 9 aliphatic rings. The van der Waals surface area contributed by atoms with Gasteiger partial charge in [0.1, 0.15) is 214 Å². The Labute approximate surface area is 647 Å². The van der Waals surface area contributed by atoms with Gasteiger partial charge in [-0.15, -0.1) is 0 Å². The summed E-state index contributed by atoms with van der Waals surface area (Å²) in [5.74, 6) is -12.8. The zero-order valence-corrected chi connectivity index (χ0v) is 60.4. The fourth-order valence-electron chi connectivity index (χ4n) is 14.7. The van der Waals surface area contributed by atoms with E-state index < -0.39 is 378 Å². The lowest BCUT2D eigenvalue weighted by atomic mass is 9.89. The Kier molecular flexibility index (Phi) is 33.4. The Hall–Kier alpha value is -3.47. The zero-order chi connectivity index (χ0) is 85.2. The maximum absolute atomic E-state index is 13.9. The number of nitrogens with one attached hydrogen (secondary N) is 1. The molecule has 115 heavy (non-hydrogen) atoms. The van der Waals surface area contributed by atoms with Crippen molar-refractivity contribution >= 4 is 17.8 Å². The number of aliphatic carboxylic acids is 2. The summed E-state index contributed by atoms with van der Waals surface area (Å²) in [5.41, 5.74) is 5.71. The van der Waals surface area contributed by atoms with E-state index in [1.165, 1.54) is 0 Å². The number of aliphatic hydroxyl groups excluding tert-OH is 29. The summed E-state index contributed by atoms with van der Waals surface area (Å²) in [6.07, 6.45) is -104. The average molecular weight is 1690 g/mol. The molecule has 9 fully saturated rings. The molecule has 1 amide bonds. The van der Waals surface area contributed by atoms with Gasteiger partial charge in [-0.1, -0.05) is 0 Å². The Bertz CT molecular complexity index is 3060. The lowest BCUT2D eigenvalue weighted by Gasteiger charge is -2.53. The molecule has 0 spiro atoms. The quantitative estimate of drug-likeness (QED) is 0.0297. The predicted molar refractivity (Wildman–Crippen MR) is 345 cm³/mol. The van der Waals surface area contributed by atoms with Crippen LogP contribution in [0.1, 0.15) is 19.8 Å². The van der Waals surface area contributed by atoms with Crippen molar-refractivity contribution in [1.29, 1.82) is 0 Å². The van der Waals surface area contributed by atoms with Gasteiger partial charge in [0.15, 0.2) is 44.0 Å². The van der Waals surface area contributed by atoms with Crippen molar-refractivity contribution in [2.75, 3.05) is 59.5 Å². The predicted octanol–water partition coefficient (Wildman–Crippen LogP) is -22.1. The number of carbonyl (C=O) groups excluding carboxylic acids is 1. The molecule has 0 aromatic carbocycles. The highest BCUT2D eigenvalue weighted by molar-refractivity contribution is 5.77. The van der Waals surface area contributed by atoms with E-state index in [-0.39, 0.29) is 0 Å². The number of amides is 1. The highest BCUT2D eigenvalue weighted by atomic mass is 16.8. The molecule has 0 aliphatic carbocycles. The Morgan fingerprint density at radius 1 is 0.383 bits per heavy atom. The van der Waals surface area contributed by atoms with Crippen LogP contribution in [-0.4, -0.2) is 523 Å². The molecule has 34 N–H and O–H groups in total. The van der Waals surface area contributed by atoms with Crippen molar-refractivity contribution in [2.45, 2.75) is 307 Å². The topological polar surface area (TPSA) is 873 Å². The molecule has 9 heterocycles. The van der Waals surface area contributed by atoms with Crippen molar-refractivity contribution in [1.82, 2.24) is 5.32 Å². The molecule has 0 aromatic heterocycles. The lowest BCUT2D eigenvalue weighted by Crippen LogP contribution is -2.72. The molecule has 53 heteroatoms. The lowest BCUT2D eigenvalue weighted by molar-refractivity contribution is -0.421. The fourth-order valence-corrected chi connectivity index (χ4v) is 14.7. The molecule has 12 unspecified atom stereocenters. The summed E-state index contributed by atoms with van der Waals surface area (Å²) in [6, 6.07) is -3.68. The van der Waals surface area contributed by atoms with E-state index in [2.05, 4.69) is 5.32 Å². The maximum Gasteiger partial charge on any atom is 0.364 e. The highest BCUT2D eigenvalue weighted by Crippen LogP contribution is 2.45. The molecule has 0 bridgehead atoms. The molecule has 9 saturated heterocycles. The number of nitrogens with two attached hydrogens (primary N) is 1. The van der Waals surface area contributed by atoms with Crippen molar-refractivity contribution in [3.63, 3.8) is 0 Å². The minimum Gasteiger partial charge on any atom is -0.477 e. The first-order chi connectivity index (χ1) is 54.2. The number of rotatable bonds is 32. The number of hydrogen-bond acceptors (Lipinski definition) is 50. The van der Waals surface area contributed by atoms with Crippen molar-refractivity contribution < 1.29 is 253 Å². The molecule has 53 nitrogen and oxygen atoms in total. The van der Waals surface area contributed by atoms with Gasteiger partial charge < -0.3 is 250 Å². The summed E-state index contributed by atoms with van der Waals surface area (Å²) >= 11 is 0. The van der Waals surface area contributed by atoms with E-state index in [4.69, 9.17) is 86.3 Å². The van der Waals surface area contributed by atoms with Crippen LogP contribution in [0, 0.1) is 0 Å². The van der Waals surface area contributed by atoms with Gasteiger partial charge >= 0.3 is 11.9 Å². The van der Waals surface area contributed by atoms with Crippen LogP contribution in [0.15, 0.2) is 0 Å². The number of carboxylic acid groups (broad SMARTS) is 2. The van der Waals surface area contributed by atoms with E-state index in [0.717, 1.165) is 6.92 Å². The van der Waals surface area contributed by atoms with E-state index in [9.17, 15) is 173 Å². The largest absolute Gasteiger partial charge is 0.477 e. The number of ether oxygens (including phenoxy) is 17. The van der Waals surface area contributed by atoms with E-state index in [1.807, 2.05) is 0 Å². The minimum atomic E-state index is -3.59. The molecular formula is C62H104N2O51. The van der Waals surface area contributed by atoms with Crippen LogP contribution in [0.25, 0.3) is 0 Å². The van der Waals surface area contributed by atoms with Gasteiger partial charge in [-0.25, -0.2) is 9.59 Å². The van der Waals surface area contributed by atoms with Crippen molar-refractivity contribution in [3.8, 4) is 0 Å². The van der Waals surface area contributed by atoms with Crippen LogP contribution in [0.5, 0.6) is 0 Å². The first-order valence-corrected chi connectivity index (χ1v) is 36.0. The third kappa shape index (κ3) is 19.9. The number of carboxylic acids is 2. The minimum absolute atomic E-state index is 0.892.